The van der Waals surface area contributed by atoms with E-state index < -0.39 is 17.7 Å². The van der Waals surface area contributed by atoms with E-state index in [1.165, 1.54) is 26.4 Å². The van der Waals surface area contributed by atoms with Crippen molar-refractivity contribution in [3.63, 3.8) is 0 Å². The number of aryl methyl sites for hydroxylation is 1. The van der Waals surface area contributed by atoms with E-state index in [0.29, 0.717) is 15.6 Å². The van der Waals surface area contributed by atoms with Gasteiger partial charge in [-0.25, -0.2) is 4.79 Å². The normalized spacial score (nSPS) is 12.2. The van der Waals surface area contributed by atoms with Gasteiger partial charge in [-0.2, -0.15) is 13.2 Å². The number of alkyl halides is 3. The Morgan fingerprint density at radius 1 is 1.20 bits per heavy atom. The molecule has 0 fully saturated rings. The summed E-state index contributed by atoms with van der Waals surface area (Å²) >= 11 is 3.03. The van der Waals surface area contributed by atoms with Crippen LogP contribution in [0, 0.1) is 6.92 Å². The highest BCUT2D eigenvalue weighted by atomic mass is 79.9. The van der Waals surface area contributed by atoms with Gasteiger partial charge in [-0.15, -0.1) is 0 Å². The summed E-state index contributed by atoms with van der Waals surface area (Å²) < 4.78 is 44.6. The minimum atomic E-state index is -4.54. The molecule has 6 nitrogen and oxygen atoms in total. The monoisotopic (exact) mass is 486 g/mol. The second kappa shape index (κ2) is 10.2. The second-order valence-corrected chi connectivity index (χ2v) is 6.87. The highest BCUT2D eigenvalue weighted by Crippen LogP contribution is 2.33. The number of hydrogen-bond donors (Lipinski definition) is 0. The third-order valence-corrected chi connectivity index (χ3v) is 4.52. The third kappa shape index (κ3) is 5.82. The van der Waals surface area contributed by atoms with E-state index in [1.807, 2.05) is 0 Å². The summed E-state index contributed by atoms with van der Waals surface area (Å²) in [6.45, 7) is 1.67. The van der Waals surface area contributed by atoms with Crippen molar-refractivity contribution in [1.29, 1.82) is 0 Å². The second-order valence-electron chi connectivity index (χ2n) is 5.95. The van der Waals surface area contributed by atoms with Gasteiger partial charge in [0, 0.05) is 21.2 Å². The molecule has 0 spiro atoms. The fourth-order valence-electron chi connectivity index (χ4n) is 2.58. The van der Waals surface area contributed by atoms with E-state index in [0.717, 1.165) is 17.8 Å². The maximum absolute atomic E-state index is 13.2. The Labute approximate surface area is 179 Å². The molecule has 0 aliphatic rings. The van der Waals surface area contributed by atoms with Gasteiger partial charge in [-0.1, -0.05) is 50.5 Å². The molecule has 0 atom stereocenters. The average molecular weight is 487 g/mol. The first-order valence-electron chi connectivity index (χ1n) is 8.49. The van der Waals surface area contributed by atoms with Crippen molar-refractivity contribution in [2.75, 3.05) is 14.2 Å². The number of ether oxygens (including phenoxy) is 1. The van der Waals surface area contributed by atoms with Crippen LogP contribution in [0.15, 0.2) is 51.2 Å². The van der Waals surface area contributed by atoms with E-state index in [2.05, 4.69) is 26.2 Å². The van der Waals surface area contributed by atoms with Gasteiger partial charge in [-0.05, 0) is 24.6 Å². The lowest BCUT2D eigenvalue weighted by Gasteiger charge is -2.12. The Morgan fingerprint density at radius 2 is 1.93 bits per heavy atom. The maximum Gasteiger partial charge on any atom is 0.417 e. The number of rotatable bonds is 7. The van der Waals surface area contributed by atoms with Crippen LogP contribution in [0.1, 0.15) is 27.8 Å². The summed E-state index contributed by atoms with van der Waals surface area (Å²) in [5.74, 6) is -0.711. The fraction of sp³-hybridized carbons (Fsp3) is 0.250. The number of hydrogen-bond acceptors (Lipinski definition) is 6. The molecule has 2 aromatic rings. The molecule has 10 heteroatoms. The van der Waals surface area contributed by atoms with Crippen LogP contribution in [-0.4, -0.2) is 32.1 Å². The summed E-state index contributed by atoms with van der Waals surface area (Å²) in [7, 11) is 2.50. The fourth-order valence-corrected chi connectivity index (χ4v) is 2.94. The van der Waals surface area contributed by atoms with Gasteiger partial charge in [0.25, 0.3) is 0 Å². The average Bonchev–Trinajstić information content (AvgIpc) is 2.70. The molecule has 0 saturated carbocycles. The van der Waals surface area contributed by atoms with E-state index in [-0.39, 0.29) is 17.9 Å². The Kier molecular flexibility index (Phi) is 7.99. The van der Waals surface area contributed by atoms with Crippen LogP contribution in [0.4, 0.5) is 13.2 Å². The number of methoxy groups -OCH3 is 1. The largest absolute Gasteiger partial charge is 0.464 e. The Morgan fingerprint density at radius 3 is 2.57 bits per heavy atom. The molecule has 0 N–H and O–H groups in total. The zero-order valence-electron chi connectivity index (χ0n) is 16.3. The molecule has 0 unspecified atom stereocenters. The summed E-state index contributed by atoms with van der Waals surface area (Å²) in [5, 5.41) is 7.37. The number of nitrogens with zero attached hydrogens (tertiary/aromatic N) is 2. The predicted octanol–water partition coefficient (Wildman–Crippen LogP) is 4.85. The quantitative estimate of drug-likeness (QED) is 0.318. The highest BCUT2D eigenvalue weighted by Gasteiger charge is 2.33. The molecule has 0 saturated heterocycles. The Hall–Kier alpha value is -2.88. The van der Waals surface area contributed by atoms with Crippen LogP contribution < -0.4 is 0 Å². The summed E-state index contributed by atoms with van der Waals surface area (Å²) in [6.07, 6.45) is -3.56. The minimum absolute atomic E-state index is 0.0708. The van der Waals surface area contributed by atoms with Crippen molar-refractivity contribution in [2.24, 2.45) is 10.3 Å². The lowest BCUT2D eigenvalue weighted by Crippen LogP contribution is -2.20. The molecular formula is C20H18BrF3N2O4. The van der Waals surface area contributed by atoms with Gasteiger partial charge in [0.1, 0.15) is 13.7 Å². The molecule has 0 amide bonds. The first-order chi connectivity index (χ1) is 14.2. The van der Waals surface area contributed by atoms with Crippen LogP contribution in [0.3, 0.4) is 0 Å². The Bertz CT molecular complexity index is 975. The molecule has 0 heterocycles. The van der Waals surface area contributed by atoms with Crippen molar-refractivity contribution in [3.05, 3.63) is 68.7 Å². The van der Waals surface area contributed by atoms with Crippen molar-refractivity contribution in [2.45, 2.75) is 19.7 Å². The highest BCUT2D eigenvalue weighted by molar-refractivity contribution is 9.10. The molecule has 2 aromatic carbocycles. The van der Waals surface area contributed by atoms with Crippen LogP contribution in [0.2, 0.25) is 0 Å². The standard InChI is InChI=1S/C20H18BrF3N2O4/c1-12-5-4-6-15(18(26-29-3)19(27)28-2)16(12)11-30-25-10-13-7-8-14(21)9-17(13)20(22,23)24/h4-10H,11H2,1-3H3/b25-10+,26-18+. The van der Waals surface area contributed by atoms with Gasteiger partial charge in [0.2, 0.25) is 0 Å². The molecule has 0 aliphatic heterocycles. The smallest absolute Gasteiger partial charge is 0.417 e. The van der Waals surface area contributed by atoms with Crippen molar-refractivity contribution in [3.8, 4) is 0 Å². The van der Waals surface area contributed by atoms with Gasteiger partial charge in [-0.3, -0.25) is 0 Å². The first kappa shape index (κ1) is 23.4. The minimum Gasteiger partial charge on any atom is -0.464 e. The third-order valence-electron chi connectivity index (χ3n) is 4.02. The van der Waals surface area contributed by atoms with Crippen LogP contribution >= 0.6 is 15.9 Å². The van der Waals surface area contributed by atoms with Gasteiger partial charge in [0.15, 0.2) is 5.71 Å². The topological polar surface area (TPSA) is 69.5 Å². The number of oxime groups is 2. The predicted molar refractivity (Wildman–Crippen MR) is 108 cm³/mol. The molecule has 0 aromatic heterocycles. The molecule has 0 bridgehead atoms. The van der Waals surface area contributed by atoms with Gasteiger partial charge < -0.3 is 14.4 Å². The number of esters is 1. The van der Waals surface area contributed by atoms with E-state index in [4.69, 9.17) is 14.4 Å². The molecule has 0 radical (unpaired) electrons. The molecule has 30 heavy (non-hydrogen) atoms. The van der Waals surface area contributed by atoms with Crippen LogP contribution in [0.25, 0.3) is 0 Å². The Balaban J connectivity index is 2.28. The van der Waals surface area contributed by atoms with E-state index >= 15 is 0 Å². The van der Waals surface area contributed by atoms with Crippen LogP contribution in [0.5, 0.6) is 0 Å². The van der Waals surface area contributed by atoms with Crippen LogP contribution in [-0.2, 0) is 32.0 Å². The lowest BCUT2D eigenvalue weighted by atomic mass is 9.99. The lowest BCUT2D eigenvalue weighted by molar-refractivity contribution is -0.137. The summed E-state index contributed by atoms with van der Waals surface area (Å²) in [6, 6.07) is 8.83. The van der Waals surface area contributed by atoms with Gasteiger partial charge >= 0.3 is 12.1 Å². The zero-order chi connectivity index (χ0) is 22.3. The number of benzene rings is 2. The number of carbonyl (C=O) groups excluding carboxylic acids is 1. The number of halogens is 4. The molecule has 160 valence electrons. The van der Waals surface area contributed by atoms with E-state index in [9.17, 15) is 18.0 Å². The van der Waals surface area contributed by atoms with E-state index in [1.54, 1.807) is 25.1 Å². The summed E-state index contributed by atoms with van der Waals surface area (Å²) in [5.41, 5.74) is 0.655. The van der Waals surface area contributed by atoms with Crippen molar-refractivity contribution >= 4 is 33.8 Å². The maximum atomic E-state index is 13.2. The van der Waals surface area contributed by atoms with Gasteiger partial charge in [0.05, 0.1) is 18.9 Å². The first-order valence-corrected chi connectivity index (χ1v) is 9.28. The van der Waals surface area contributed by atoms with Crippen molar-refractivity contribution < 1.29 is 32.4 Å². The molecule has 2 rings (SSSR count). The van der Waals surface area contributed by atoms with Crippen molar-refractivity contribution in [1.82, 2.24) is 0 Å². The molecular weight excluding hydrogens is 469 g/mol. The molecule has 0 aliphatic carbocycles. The summed E-state index contributed by atoms with van der Waals surface area (Å²) in [4.78, 5) is 22.0. The number of carbonyl (C=O) groups is 1. The zero-order valence-corrected chi connectivity index (χ0v) is 17.9. The SMILES string of the molecule is CO/N=C(/C(=O)OC)c1cccc(C)c1CO/N=C/c1ccc(Br)cc1C(F)(F)F.